The van der Waals surface area contributed by atoms with E-state index in [0.29, 0.717) is 0 Å². The zero-order valence-corrected chi connectivity index (χ0v) is 25.0. The van der Waals surface area contributed by atoms with Crippen molar-refractivity contribution in [3.8, 4) is 11.5 Å². The van der Waals surface area contributed by atoms with Gasteiger partial charge in [-0.25, -0.2) is 0 Å². The van der Waals surface area contributed by atoms with Crippen LogP contribution in [0, 0.1) is 0 Å². The second-order valence-electron chi connectivity index (χ2n) is 12.5. The lowest BCUT2D eigenvalue weighted by Crippen LogP contribution is -2.56. The SMILES string of the molecule is CC(=O)[C@]1(O)Cc2c(O)c3c(c(O)c2[C@@H](O[C@H]2C[C@H](O)[C@H](O[C@H]4C[C@H](N)[C@H](O)[C@H](C)O4)[C@H](C)O2)C1)C(=O)c1ccccc1C3=O. The lowest BCUT2D eigenvalue weighted by molar-refractivity contribution is -0.311. The molecule has 0 amide bonds. The molecule has 0 bridgehead atoms. The number of hydrogen-bond acceptors (Lipinski definition) is 13. The van der Waals surface area contributed by atoms with Gasteiger partial charge < -0.3 is 50.2 Å². The molecule has 13 heteroatoms. The first-order valence-corrected chi connectivity index (χ1v) is 15.0. The van der Waals surface area contributed by atoms with Crippen molar-refractivity contribution in [3.63, 3.8) is 0 Å². The van der Waals surface area contributed by atoms with E-state index in [0.717, 1.165) is 0 Å². The van der Waals surface area contributed by atoms with Gasteiger partial charge in [-0.3, -0.25) is 14.4 Å². The fourth-order valence-electron chi connectivity index (χ4n) is 6.90. The number of nitrogens with two attached hydrogens (primary N) is 1. The first-order chi connectivity index (χ1) is 21.2. The molecule has 0 spiro atoms. The highest BCUT2D eigenvalue weighted by atomic mass is 16.7. The van der Waals surface area contributed by atoms with Gasteiger partial charge >= 0.3 is 0 Å². The van der Waals surface area contributed by atoms with Gasteiger partial charge in [-0.05, 0) is 20.8 Å². The Morgan fingerprint density at radius 3 is 2.09 bits per heavy atom. The van der Waals surface area contributed by atoms with Crippen LogP contribution < -0.4 is 5.73 Å². The van der Waals surface area contributed by atoms with Gasteiger partial charge in [-0.1, -0.05) is 24.3 Å². The van der Waals surface area contributed by atoms with Crippen LogP contribution in [-0.2, 0) is 30.2 Å². The molecule has 0 radical (unpaired) electrons. The van der Waals surface area contributed by atoms with Crippen LogP contribution in [-0.4, -0.2) is 97.6 Å². The van der Waals surface area contributed by atoms with Gasteiger partial charge in [0.25, 0.3) is 0 Å². The third kappa shape index (κ3) is 5.26. The molecule has 4 aliphatic rings. The van der Waals surface area contributed by atoms with Crippen LogP contribution in [0.3, 0.4) is 0 Å². The molecule has 2 fully saturated rings. The zero-order chi connectivity index (χ0) is 32.5. The molecule has 2 aromatic rings. The number of aliphatic hydroxyl groups excluding tert-OH is 2. The predicted molar refractivity (Wildman–Crippen MR) is 154 cm³/mol. The maximum atomic E-state index is 13.5. The van der Waals surface area contributed by atoms with Gasteiger partial charge in [0.1, 0.15) is 23.2 Å². The van der Waals surface area contributed by atoms with Gasteiger partial charge in [0.2, 0.25) is 0 Å². The second kappa shape index (κ2) is 11.5. The summed E-state index contributed by atoms with van der Waals surface area (Å²) >= 11 is 0. The van der Waals surface area contributed by atoms with Crippen LogP contribution in [0.2, 0.25) is 0 Å². The number of hydrogen-bond donors (Lipinski definition) is 6. The maximum absolute atomic E-state index is 13.5. The highest BCUT2D eigenvalue weighted by molar-refractivity contribution is 6.30. The van der Waals surface area contributed by atoms with Crippen LogP contribution in [0.5, 0.6) is 11.5 Å². The molecule has 0 aromatic heterocycles. The summed E-state index contributed by atoms with van der Waals surface area (Å²) in [5, 5.41) is 55.4. The van der Waals surface area contributed by atoms with Crippen molar-refractivity contribution >= 4 is 17.3 Å². The topological polar surface area (TPSA) is 215 Å². The zero-order valence-electron chi connectivity index (χ0n) is 25.0. The summed E-state index contributed by atoms with van der Waals surface area (Å²) in [6.07, 6.45) is -8.12. The van der Waals surface area contributed by atoms with E-state index >= 15 is 0 Å². The minimum absolute atomic E-state index is 0.0525. The first kappa shape index (κ1) is 31.7. The number of ketones is 3. The molecule has 2 saturated heterocycles. The smallest absolute Gasteiger partial charge is 0.198 e. The fourth-order valence-corrected chi connectivity index (χ4v) is 6.90. The summed E-state index contributed by atoms with van der Waals surface area (Å²) in [4.78, 5) is 39.6. The van der Waals surface area contributed by atoms with E-state index in [2.05, 4.69) is 0 Å². The van der Waals surface area contributed by atoms with E-state index in [-0.39, 0.29) is 41.5 Å². The van der Waals surface area contributed by atoms with Crippen molar-refractivity contribution in [1.29, 1.82) is 0 Å². The number of carbonyl (C=O) groups excluding carboxylic acids is 3. The Balaban J connectivity index is 1.30. The molecule has 2 aliphatic carbocycles. The van der Waals surface area contributed by atoms with Gasteiger partial charge in [0, 0.05) is 54.0 Å². The third-order valence-electron chi connectivity index (χ3n) is 9.45. The normalized spacial score (nSPS) is 36.2. The molecular formula is C32H37NO12. The Kier molecular flexibility index (Phi) is 8.11. The maximum Gasteiger partial charge on any atom is 0.198 e. The highest BCUT2D eigenvalue weighted by Crippen LogP contribution is 2.52. The fraction of sp³-hybridized carbons (Fsp3) is 0.531. The first-order valence-electron chi connectivity index (χ1n) is 15.0. The van der Waals surface area contributed by atoms with E-state index in [1.54, 1.807) is 26.0 Å². The second-order valence-corrected chi connectivity index (χ2v) is 12.5. The van der Waals surface area contributed by atoms with Crippen LogP contribution in [0.15, 0.2) is 24.3 Å². The summed E-state index contributed by atoms with van der Waals surface area (Å²) in [5.74, 6) is -3.23. The number of rotatable bonds is 5. The summed E-state index contributed by atoms with van der Waals surface area (Å²) in [6, 6.07) is 5.45. The molecule has 2 aromatic carbocycles. The van der Waals surface area contributed by atoms with Gasteiger partial charge in [-0.2, -0.15) is 0 Å². The van der Waals surface area contributed by atoms with Crippen LogP contribution in [0.1, 0.15) is 89.1 Å². The number of ether oxygens (including phenoxy) is 4. The van der Waals surface area contributed by atoms with E-state index < -0.39 is 107 Å². The number of phenolic OH excluding ortho intramolecular Hbond substituents is 2. The number of phenols is 2. The van der Waals surface area contributed by atoms with Crippen molar-refractivity contribution in [2.24, 2.45) is 5.73 Å². The summed E-state index contributed by atoms with van der Waals surface area (Å²) in [7, 11) is 0. The van der Waals surface area contributed by atoms with Crippen molar-refractivity contribution in [2.45, 2.75) is 107 Å². The Hall–Kier alpha value is -3.27. The molecule has 13 nitrogen and oxygen atoms in total. The van der Waals surface area contributed by atoms with Crippen LogP contribution in [0.4, 0.5) is 0 Å². The van der Waals surface area contributed by atoms with Crippen LogP contribution >= 0.6 is 0 Å². The molecule has 2 aliphatic heterocycles. The Bertz CT molecular complexity index is 1540. The molecule has 7 N–H and O–H groups in total. The van der Waals surface area contributed by atoms with Crippen molar-refractivity contribution in [3.05, 3.63) is 57.6 Å². The Morgan fingerprint density at radius 1 is 0.933 bits per heavy atom. The summed E-state index contributed by atoms with van der Waals surface area (Å²) < 4.78 is 23.9. The van der Waals surface area contributed by atoms with Crippen LogP contribution in [0.25, 0.3) is 0 Å². The standard InChI is InChI=1S/C32H37NO12/c1-12-26(36)18(33)8-21(42-12)45-31-13(2)43-22(9-19(31)35)44-20-11-32(41,14(3)34)10-17-23(20)30(40)25-24(29(17)39)27(37)15-6-4-5-7-16(15)28(25)38/h4-7,12-13,18-22,26,31,35-36,39-41H,8-11,33H2,1-3H3/t12-,13-,18-,19-,20-,21-,22-,26+,31+,32-/m0/s1. The lowest BCUT2D eigenvalue weighted by Gasteiger charge is -2.44. The van der Waals surface area contributed by atoms with Crippen molar-refractivity contribution in [2.75, 3.05) is 0 Å². The number of benzene rings is 2. The summed E-state index contributed by atoms with van der Waals surface area (Å²) in [6.45, 7) is 4.48. The van der Waals surface area contributed by atoms with Gasteiger partial charge in [-0.15, -0.1) is 0 Å². The van der Waals surface area contributed by atoms with Gasteiger partial charge in [0.05, 0.1) is 41.6 Å². The molecule has 0 unspecified atom stereocenters. The number of Topliss-reactive ketones (excluding diaryl/α,β-unsaturated/α-hetero) is 1. The van der Waals surface area contributed by atoms with E-state index in [1.165, 1.54) is 19.1 Å². The monoisotopic (exact) mass is 627 g/mol. The minimum Gasteiger partial charge on any atom is -0.507 e. The molecular weight excluding hydrogens is 590 g/mol. The molecule has 242 valence electrons. The quantitative estimate of drug-likeness (QED) is 0.217. The van der Waals surface area contributed by atoms with E-state index in [1.807, 2.05) is 0 Å². The Labute approximate surface area is 258 Å². The van der Waals surface area contributed by atoms with E-state index in [4.69, 9.17) is 24.7 Å². The molecule has 2 heterocycles. The number of aromatic hydroxyl groups is 2. The third-order valence-corrected chi connectivity index (χ3v) is 9.45. The summed E-state index contributed by atoms with van der Waals surface area (Å²) in [5.41, 5.74) is 3.10. The Morgan fingerprint density at radius 2 is 1.51 bits per heavy atom. The molecule has 6 rings (SSSR count). The average Bonchev–Trinajstić information content (AvgIpc) is 2.98. The minimum atomic E-state index is -2.04. The molecule has 10 atom stereocenters. The van der Waals surface area contributed by atoms with E-state index in [9.17, 15) is 39.9 Å². The molecule has 45 heavy (non-hydrogen) atoms. The lowest BCUT2D eigenvalue weighted by atomic mass is 9.72. The van der Waals surface area contributed by atoms with Crippen molar-refractivity contribution < 1.29 is 58.9 Å². The molecule has 0 saturated carbocycles. The highest BCUT2D eigenvalue weighted by Gasteiger charge is 2.49. The largest absolute Gasteiger partial charge is 0.507 e. The number of fused-ring (bicyclic) bond motifs is 3. The number of aliphatic hydroxyl groups is 3. The van der Waals surface area contributed by atoms with Gasteiger partial charge in [0.15, 0.2) is 29.9 Å². The average molecular weight is 628 g/mol. The number of carbonyl (C=O) groups is 3. The predicted octanol–water partition coefficient (Wildman–Crippen LogP) is 0.901. The van der Waals surface area contributed by atoms with Crippen molar-refractivity contribution in [1.82, 2.24) is 0 Å².